The maximum Gasteiger partial charge on any atom is 0.255 e. The van der Waals surface area contributed by atoms with E-state index < -0.39 is 0 Å². The lowest BCUT2D eigenvalue weighted by Crippen LogP contribution is -2.49. The molecule has 8 heteroatoms. The summed E-state index contributed by atoms with van der Waals surface area (Å²) in [6, 6.07) is 11.7. The van der Waals surface area contributed by atoms with E-state index in [-0.39, 0.29) is 18.4 Å². The lowest BCUT2D eigenvalue weighted by Gasteiger charge is -2.35. The van der Waals surface area contributed by atoms with Crippen molar-refractivity contribution in [1.82, 2.24) is 14.8 Å². The van der Waals surface area contributed by atoms with E-state index in [1.54, 1.807) is 24.3 Å². The Morgan fingerprint density at radius 2 is 1.91 bits per heavy atom. The van der Waals surface area contributed by atoms with Gasteiger partial charge in [0.1, 0.15) is 0 Å². The van der Waals surface area contributed by atoms with Crippen molar-refractivity contribution >= 4 is 23.3 Å². The Morgan fingerprint density at radius 1 is 1.12 bits per heavy atom. The molecule has 1 saturated heterocycles. The molecule has 32 heavy (non-hydrogen) atoms. The van der Waals surface area contributed by atoms with Crippen molar-refractivity contribution in [1.29, 1.82) is 0 Å². The van der Waals surface area contributed by atoms with Gasteiger partial charge in [-0.3, -0.25) is 14.5 Å². The molecule has 0 bridgehead atoms. The molecule has 4 rings (SSSR count). The van der Waals surface area contributed by atoms with Crippen molar-refractivity contribution in [3.8, 4) is 0 Å². The van der Waals surface area contributed by atoms with E-state index in [1.807, 2.05) is 35.2 Å². The van der Waals surface area contributed by atoms with Crippen LogP contribution in [-0.4, -0.2) is 79.6 Å². The van der Waals surface area contributed by atoms with Gasteiger partial charge in [-0.25, -0.2) is 4.98 Å². The average molecular weight is 438 g/mol. The number of hydrogen-bond acceptors (Lipinski definition) is 6. The molecule has 0 aliphatic carbocycles. The third-order valence-electron chi connectivity index (χ3n) is 6.03. The third kappa shape index (κ3) is 5.26. The molecule has 3 heterocycles. The molecule has 0 unspecified atom stereocenters. The van der Waals surface area contributed by atoms with Gasteiger partial charge >= 0.3 is 0 Å². The molecular weight excluding hydrogens is 406 g/mol. The van der Waals surface area contributed by atoms with Gasteiger partial charge in [-0.2, -0.15) is 0 Å². The molecule has 8 nitrogen and oxygen atoms in total. The summed E-state index contributed by atoms with van der Waals surface area (Å²) in [6.45, 7) is 5.63. The van der Waals surface area contributed by atoms with Crippen molar-refractivity contribution in [3.63, 3.8) is 0 Å². The number of aromatic nitrogens is 1. The molecule has 1 aromatic heterocycles. The van der Waals surface area contributed by atoms with Crippen LogP contribution in [0.2, 0.25) is 0 Å². The second kappa shape index (κ2) is 10.6. The van der Waals surface area contributed by atoms with Crippen LogP contribution >= 0.6 is 0 Å². The van der Waals surface area contributed by atoms with E-state index in [0.29, 0.717) is 36.7 Å². The van der Waals surface area contributed by atoms with E-state index in [1.165, 1.54) is 0 Å². The van der Waals surface area contributed by atoms with Crippen LogP contribution in [0.5, 0.6) is 0 Å². The number of fused-ring (bicyclic) bond motifs is 1. The quantitative estimate of drug-likeness (QED) is 0.638. The summed E-state index contributed by atoms with van der Waals surface area (Å²) in [7, 11) is 1.73. The summed E-state index contributed by atoms with van der Waals surface area (Å²) in [5.74, 6) is 0.574. The number of nitrogens with one attached hydrogen (secondary N) is 1. The van der Waals surface area contributed by atoms with Gasteiger partial charge in [0, 0.05) is 46.1 Å². The number of carbonyl (C=O) groups excluding carboxylic acids is 2. The molecule has 0 radical (unpaired) electrons. The van der Waals surface area contributed by atoms with Crippen molar-refractivity contribution in [3.05, 3.63) is 53.7 Å². The summed E-state index contributed by atoms with van der Waals surface area (Å²) in [5, 5.41) is 3.07. The number of unbranched alkanes of at least 4 members (excludes halogenated alkanes) is 1. The predicted molar refractivity (Wildman–Crippen MR) is 124 cm³/mol. The van der Waals surface area contributed by atoms with Gasteiger partial charge in [-0.05, 0) is 31.0 Å². The maximum atomic E-state index is 13.2. The minimum absolute atomic E-state index is 0.0305. The fraction of sp³-hybridized carbons (Fsp3) is 0.458. The fourth-order valence-corrected chi connectivity index (χ4v) is 4.18. The second-order valence-corrected chi connectivity index (χ2v) is 8.24. The maximum absolute atomic E-state index is 13.2. The Kier molecular flexibility index (Phi) is 7.34. The lowest BCUT2D eigenvalue weighted by atomic mass is 10.1. The lowest BCUT2D eigenvalue weighted by molar-refractivity contribution is -0.117. The standard InChI is InChI=1S/C24H31N5O3/c1-32-14-6-5-9-27-10-12-28(13-11-27)24(31)20-15-21-23(25-16-20)26-17-22(30)29(21)18-19-7-3-2-4-8-19/h2-4,7-8,15-16H,5-6,9-14,17-18H2,1H3,(H,25,26). The zero-order valence-electron chi connectivity index (χ0n) is 18.6. The van der Waals surface area contributed by atoms with Crippen LogP contribution in [0, 0.1) is 0 Å². The Balaban J connectivity index is 1.42. The molecule has 2 aromatic rings. The van der Waals surface area contributed by atoms with Gasteiger partial charge in [0.05, 0.1) is 24.3 Å². The number of pyridine rings is 1. The highest BCUT2D eigenvalue weighted by Crippen LogP contribution is 2.30. The normalized spacial score (nSPS) is 16.6. The summed E-state index contributed by atoms with van der Waals surface area (Å²) in [6.07, 6.45) is 3.78. The number of amides is 2. The van der Waals surface area contributed by atoms with Crippen molar-refractivity contribution in [2.75, 3.05) is 63.2 Å². The Bertz CT molecular complexity index is 928. The first-order chi connectivity index (χ1) is 15.7. The minimum Gasteiger partial charge on any atom is -0.385 e. The molecular formula is C24H31N5O3. The monoisotopic (exact) mass is 437 g/mol. The number of carbonyl (C=O) groups is 2. The number of nitrogens with zero attached hydrogens (tertiary/aromatic N) is 4. The van der Waals surface area contributed by atoms with E-state index in [4.69, 9.17) is 4.74 Å². The van der Waals surface area contributed by atoms with E-state index >= 15 is 0 Å². The molecule has 1 N–H and O–H groups in total. The summed E-state index contributed by atoms with van der Waals surface area (Å²) >= 11 is 0. The number of anilines is 2. The predicted octanol–water partition coefficient (Wildman–Crippen LogP) is 2.22. The molecule has 0 saturated carbocycles. The van der Waals surface area contributed by atoms with Crippen LogP contribution in [0.15, 0.2) is 42.6 Å². The number of ether oxygens (including phenoxy) is 1. The summed E-state index contributed by atoms with van der Waals surface area (Å²) in [5.41, 5.74) is 2.21. The topological polar surface area (TPSA) is 78.0 Å². The largest absolute Gasteiger partial charge is 0.385 e. The summed E-state index contributed by atoms with van der Waals surface area (Å²) in [4.78, 5) is 36.3. The van der Waals surface area contributed by atoms with E-state index in [0.717, 1.165) is 44.6 Å². The third-order valence-corrected chi connectivity index (χ3v) is 6.03. The molecule has 1 aromatic carbocycles. The first-order valence-electron chi connectivity index (χ1n) is 11.2. The first-order valence-corrected chi connectivity index (χ1v) is 11.2. The van der Waals surface area contributed by atoms with Crippen molar-refractivity contribution in [2.45, 2.75) is 19.4 Å². The van der Waals surface area contributed by atoms with Gasteiger partial charge in [0.15, 0.2) is 5.82 Å². The zero-order chi connectivity index (χ0) is 22.3. The number of hydrogen-bond donors (Lipinski definition) is 1. The SMILES string of the molecule is COCCCCN1CCN(C(=O)c2cnc3c(c2)N(Cc2ccccc2)C(=O)CN3)CC1. The summed E-state index contributed by atoms with van der Waals surface area (Å²) < 4.78 is 5.11. The molecule has 2 aliphatic rings. The average Bonchev–Trinajstić information content (AvgIpc) is 2.84. The highest BCUT2D eigenvalue weighted by molar-refractivity contribution is 6.04. The van der Waals surface area contributed by atoms with Crippen LogP contribution in [0.3, 0.4) is 0 Å². The molecule has 170 valence electrons. The number of methoxy groups -OCH3 is 1. The highest BCUT2D eigenvalue weighted by atomic mass is 16.5. The van der Waals surface area contributed by atoms with Crippen LogP contribution in [0.4, 0.5) is 11.5 Å². The van der Waals surface area contributed by atoms with Crippen molar-refractivity contribution < 1.29 is 14.3 Å². The second-order valence-electron chi connectivity index (χ2n) is 8.24. The number of piperazine rings is 1. The fourth-order valence-electron chi connectivity index (χ4n) is 4.18. The number of benzene rings is 1. The van der Waals surface area contributed by atoms with Gasteiger partial charge < -0.3 is 19.9 Å². The molecule has 2 amide bonds. The Labute approximate surface area is 189 Å². The van der Waals surface area contributed by atoms with E-state index in [9.17, 15) is 9.59 Å². The van der Waals surface area contributed by atoms with E-state index in [2.05, 4.69) is 15.2 Å². The Morgan fingerprint density at radius 3 is 2.66 bits per heavy atom. The van der Waals surface area contributed by atoms with Gasteiger partial charge in [-0.1, -0.05) is 30.3 Å². The highest BCUT2D eigenvalue weighted by Gasteiger charge is 2.28. The molecule has 0 atom stereocenters. The first kappa shape index (κ1) is 22.2. The van der Waals surface area contributed by atoms with Gasteiger partial charge in [0.25, 0.3) is 5.91 Å². The van der Waals surface area contributed by atoms with Crippen molar-refractivity contribution in [2.24, 2.45) is 0 Å². The van der Waals surface area contributed by atoms with Crippen LogP contribution in [-0.2, 0) is 16.1 Å². The van der Waals surface area contributed by atoms with Gasteiger partial charge in [-0.15, -0.1) is 0 Å². The van der Waals surface area contributed by atoms with Gasteiger partial charge in [0.2, 0.25) is 5.91 Å². The van der Waals surface area contributed by atoms with Crippen LogP contribution in [0.1, 0.15) is 28.8 Å². The molecule has 2 aliphatic heterocycles. The molecule has 1 fully saturated rings. The number of rotatable bonds is 8. The smallest absolute Gasteiger partial charge is 0.255 e. The van der Waals surface area contributed by atoms with Crippen LogP contribution in [0.25, 0.3) is 0 Å². The Hall–Kier alpha value is -2.97. The molecule has 0 spiro atoms. The van der Waals surface area contributed by atoms with Crippen LogP contribution < -0.4 is 10.2 Å². The zero-order valence-corrected chi connectivity index (χ0v) is 18.6. The minimum atomic E-state index is -0.0326.